The van der Waals surface area contributed by atoms with Gasteiger partial charge in [0.1, 0.15) is 0 Å². The zero-order chi connectivity index (χ0) is 8.27. The molecule has 1 aliphatic rings. The van der Waals surface area contributed by atoms with E-state index in [2.05, 4.69) is 13.8 Å². The molecule has 66 valence electrons. The molecule has 0 aromatic heterocycles. The van der Waals surface area contributed by atoms with Crippen LogP contribution in [0.1, 0.15) is 26.7 Å². The van der Waals surface area contributed by atoms with Gasteiger partial charge in [0.2, 0.25) is 0 Å². The Bertz CT molecular complexity index is 108. The predicted molar refractivity (Wildman–Crippen MR) is 44.4 cm³/mol. The molecule has 0 amide bonds. The fraction of sp³-hybridized carbons (Fsp3) is 1.00. The van der Waals surface area contributed by atoms with E-state index >= 15 is 0 Å². The molecule has 0 aromatic carbocycles. The van der Waals surface area contributed by atoms with Crippen molar-refractivity contribution in [3.63, 3.8) is 0 Å². The molecule has 0 saturated heterocycles. The van der Waals surface area contributed by atoms with Crippen LogP contribution in [0.5, 0.6) is 0 Å². The van der Waals surface area contributed by atoms with Crippen LogP contribution >= 0.6 is 0 Å². The lowest BCUT2D eigenvalue weighted by Crippen LogP contribution is -2.18. The third kappa shape index (κ3) is 3.73. The lowest BCUT2D eigenvalue weighted by molar-refractivity contribution is 0.0156. The van der Waals surface area contributed by atoms with E-state index in [1.54, 1.807) is 0 Å². The van der Waals surface area contributed by atoms with Gasteiger partial charge in [-0.1, -0.05) is 13.8 Å². The van der Waals surface area contributed by atoms with Gasteiger partial charge in [0, 0.05) is 6.61 Å². The fourth-order valence-corrected chi connectivity index (χ4v) is 1.04. The van der Waals surface area contributed by atoms with Gasteiger partial charge in [-0.2, -0.15) is 0 Å². The Morgan fingerprint density at radius 2 is 2.00 bits per heavy atom. The number of rotatable bonds is 5. The zero-order valence-electron chi connectivity index (χ0n) is 7.42. The summed E-state index contributed by atoms with van der Waals surface area (Å²) in [5.74, 6) is 1.11. The quantitative estimate of drug-likeness (QED) is 0.656. The molecule has 0 aliphatic heterocycles. The molecule has 1 saturated carbocycles. The molecule has 0 heterocycles. The summed E-state index contributed by atoms with van der Waals surface area (Å²) in [4.78, 5) is 0. The van der Waals surface area contributed by atoms with Gasteiger partial charge in [-0.05, 0) is 24.7 Å². The Balaban J connectivity index is 1.93. The fourth-order valence-electron chi connectivity index (χ4n) is 1.04. The van der Waals surface area contributed by atoms with E-state index in [1.165, 1.54) is 12.8 Å². The maximum Gasteiger partial charge on any atom is 0.0801 e. The second-order valence-corrected chi connectivity index (χ2v) is 3.84. The minimum Gasteiger partial charge on any atom is -0.390 e. The van der Waals surface area contributed by atoms with E-state index in [-0.39, 0.29) is 6.10 Å². The molecule has 1 fully saturated rings. The van der Waals surface area contributed by atoms with Crippen molar-refractivity contribution in [1.29, 1.82) is 0 Å². The van der Waals surface area contributed by atoms with Crippen molar-refractivity contribution >= 4 is 0 Å². The first-order valence-electron chi connectivity index (χ1n) is 4.46. The molecule has 1 unspecified atom stereocenters. The highest BCUT2D eigenvalue weighted by molar-refractivity contribution is 4.80. The highest BCUT2D eigenvalue weighted by atomic mass is 16.5. The number of aliphatic hydroxyl groups is 1. The van der Waals surface area contributed by atoms with Crippen LogP contribution in [0.25, 0.3) is 0 Å². The summed E-state index contributed by atoms with van der Waals surface area (Å²) in [6.07, 6.45) is 2.17. The monoisotopic (exact) mass is 158 g/mol. The molecule has 2 heteroatoms. The SMILES string of the molecule is CC(C)COCC(O)C1CC1. The third-order valence-electron chi connectivity index (χ3n) is 1.91. The maximum atomic E-state index is 9.38. The van der Waals surface area contributed by atoms with Crippen LogP contribution in [0.2, 0.25) is 0 Å². The van der Waals surface area contributed by atoms with E-state index in [4.69, 9.17) is 4.74 Å². The van der Waals surface area contributed by atoms with Crippen molar-refractivity contribution < 1.29 is 9.84 Å². The van der Waals surface area contributed by atoms with Crippen LogP contribution in [0.15, 0.2) is 0 Å². The first kappa shape index (κ1) is 9.01. The summed E-state index contributed by atoms with van der Waals surface area (Å²) >= 11 is 0. The van der Waals surface area contributed by atoms with Crippen molar-refractivity contribution in [2.75, 3.05) is 13.2 Å². The van der Waals surface area contributed by atoms with Crippen molar-refractivity contribution in [2.24, 2.45) is 11.8 Å². The summed E-state index contributed by atoms with van der Waals surface area (Å²) in [5, 5.41) is 9.38. The summed E-state index contributed by atoms with van der Waals surface area (Å²) < 4.78 is 5.31. The van der Waals surface area contributed by atoms with Gasteiger partial charge < -0.3 is 9.84 Å². The molecule has 1 aliphatic carbocycles. The molecule has 0 aromatic rings. The van der Waals surface area contributed by atoms with Crippen LogP contribution < -0.4 is 0 Å². The molecule has 1 N–H and O–H groups in total. The Morgan fingerprint density at radius 1 is 1.36 bits per heavy atom. The average Bonchev–Trinajstić information content (AvgIpc) is 2.66. The van der Waals surface area contributed by atoms with Gasteiger partial charge in [-0.15, -0.1) is 0 Å². The molecule has 0 radical (unpaired) electrons. The topological polar surface area (TPSA) is 29.5 Å². The molecule has 1 atom stereocenters. The summed E-state index contributed by atoms with van der Waals surface area (Å²) in [6, 6.07) is 0. The number of hydrogen-bond donors (Lipinski definition) is 1. The molecule has 0 bridgehead atoms. The lowest BCUT2D eigenvalue weighted by atomic mass is 10.2. The van der Waals surface area contributed by atoms with E-state index in [0.717, 1.165) is 6.61 Å². The van der Waals surface area contributed by atoms with Crippen LogP contribution in [0.3, 0.4) is 0 Å². The smallest absolute Gasteiger partial charge is 0.0801 e. The van der Waals surface area contributed by atoms with Gasteiger partial charge in [-0.25, -0.2) is 0 Å². The molecule has 11 heavy (non-hydrogen) atoms. The number of aliphatic hydroxyl groups excluding tert-OH is 1. The minimum absolute atomic E-state index is 0.200. The van der Waals surface area contributed by atoms with E-state index in [9.17, 15) is 5.11 Å². The first-order valence-corrected chi connectivity index (χ1v) is 4.46. The number of hydrogen-bond acceptors (Lipinski definition) is 2. The Kier molecular flexibility index (Phi) is 3.34. The zero-order valence-corrected chi connectivity index (χ0v) is 7.42. The molecule has 0 spiro atoms. The summed E-state index contributed by atoms with van der Waals surface area (Å²) in [7, 11) is 0. The Hall–Kier alpha value is -0.0800. The van der Waals surface area contributed by atoms with Crippen LogP contribution in [-0.4, -0.2) is 24.4 Å². The molecular weight excluding hydrogens is 140 g/mol. The first-order chi connectivity index (χ1) is 5.20. The van der Waals surface area contributed by atoms with Gasteiger partial charge in [0.05, 0.1) is 12.7 Å². The Labute approximate surface area is 68.6 Å². The van der Waals surface area contributed by atoms with Gasteiger partial charge in [-0.3, -0.25) is 0 Å². The number of ether oxygens (including phenoxy) is 1. The van der Waals surface area contributed by atoms with Crippen LogP contribution in [0.4, 0.5) is 0 Å². The van der Waals surface area contributed by atoms with Crippen molar-refractivity contribution in [1.82, 2.24) is 0 Å². The molecule has 1 rings (SSSR count). The second kappa shape index (κ2) is 4.07. The van der Waals surface area contributed by atoms with Crippen molar-refractivity contribution in [2.45, 2.75) is 32.8 Å². The minimum atomic E-state index is -0.200. The van der Waals surface area contributed by atoms with Crippen LogP contribution in [-0.2, 0) is 4.74 Å². The largest absolute Gasteiger partial charge is 0.390 e. The highest BCUT2D eigenvalue weighted by Gasteiger charge is 2.29. The normalized spacial score (nSPS) is 20.7. The summed E-state index contributed by atoms with van der Waals surface area (Å²) in [5.41, 5.74) is 0. The van der Waals surface area contributed by atoms with Crippen molar-refractivity contribution in [3.05, 3.63) is 0 Å². The predicted octanol–water partition coefficient (Wildman–Crippen LogP) is 1.43. The summed E-state index contributed by atoms with van der Waals surface area (Å²) in [6.45, 7) is 5.53. The maximum absolute atomic E-state index is 9.38. The Morgan fingerprint density at radius 3 is 2.45 bits per heavy atom. The van der Waals surface area contributed by atoms with Gasteiger partial charge in [0.15, 0.2) is 0 Å². The van der Waals surface area contributed by atoms with E-state index < -0.39 is 0 Å². The molecular formula is C9H18O2. The lowest BCUT2D eigenvalue weighted by Gasteiger charge is -2.10. The average molecular weight is 158 g/mol. The van der Waals surface area contributed by atoms with Gasteiger partial charge >= 0.3 is 0 Å². The van der Waals surface area contributed by atoms with E-state index in [1.807, 2.05) is 0 Å². The standard InChI is InChI=1S/C9H18O2/c1-7(2)5-11-6-9(10)8-3-4-8/h7-10H,3-6H2,1-2H3. The van der Waals surface area contributed by atoms with E-state index in [0.29, 0.717) is 18.4 Å². The van der Waals surface area contributed by atoms with Crippen molar-refractivity contribution in [3.8, 4) is 0 Å². The van der Waals surface area contributed by atoms with Crippen LogP contribution in [0, 0.1) is 11.8 Å². The molecule has 2 nitrogen and oxygen atoms in total. The second-order valence-electron chi connectivity index (χ2n) is 3.84. The third-order valence-corrected chi connectivity index (χ3v) is 1.91. The van der Waals surface area contributed by atoms with Gasteiger partial charge in [0.25, 0.3) is 0 Å². The highest BCUT2D eigenvalue weighted by Crippen LogP contribution is 2.32.